The summed E-state index contributed by atoms with van der Waals surface area (Å²) in [7, 11) is 0. The van der Waals surface area contributed by atoms with Crippen LogP contribution in [0.1, 0.15) is 17.2 Å². The molecular weight excluding hydrogens is 308 g/mol. The topological polar surface area (TPSA) is 40.5 Å². The summed E-state index contributed by atoms with van der Waals surface area (Å²) in [5, 5.41) is 18.7. The van der Waals surface area contributed by atoms with Crippen molar-refractivity contribution >= 4 is 15.9 Å². The maximum absolute atomic E-state index is 12.8. The number of halogens is 5. The molecule has 1 aromatic rings. The van der Waals surface area contributed by atoms with Gasteiger partial charge in [-0.15, -0.1) is 0 Å². The van der Waals surface area contributed by atoms with Crippen LogP contribution in [0.15, 0.2) is 18.2 Å². The molecule has 0 spiro atoms. The van der Waals surface area contributed by atoms with Gasteiger partial charge in [-0.2, -0.15) is 13.2 Å². The van der Waals surface area contributed by atoms with E-state index in [-0.39, 0.29) is 5.33 Å². The van der Waals surface area contributed by atoms with Crippen LogP contribution in [-0.4, -0.2) is 21.6 Å². The first kappa shape index (κ1) is 14.4. The van der Waals surface area contributed by atoms with Gasteiger partial charge in [0, 0.05) is 5.33 Å². The molecule has 0 heterocycles. The molecule has 0 amide bonds. The Labute approximate surface area is 103 Å². The second-order valence-corrected chi connectivity index (χ2v) is 4.04. The number of aliphatic hydroxyl groups is 2. The molecule has 2 N–H and O–H groups in total. The third kappa shape index (κ3) is 3.40. The summed E-state index contributed by atoms with van der Waals surface area (Å²) in [6.45, 7) is 0. The number of benzene rings is 1. The lowest BCUT2D eigenvalue weighted by molar-refractivity contribution is -0.140. The molecular formula is C10H9BrF4O2. The lowest BCUT2D eigenvalue weighted by Gasteiger charge is -2.20. The lowest BCUT2D eigenvalue weighted by atomic mass is 9.99. The minimum absolute atomic E-state index is 0.0944. The van der Waals surface area contributed by atoms with E-state index >= 15 is 0 Å². The van der Waals surface area contributed by atoms with Crippen LogP contribution in [0.3, 0.4) is 0 Å². The average molecular weight is 317 g/mol. The highest BCUT2D eigenvalue weighted by molar-refractivity contribution is 9.09. The summed E-state index contributed by atoms with van der Waals surface area (Å²) in [5.74, 6) is -1.05. The molecule has 1 aromatic carbocycles. The van der Waals surface area contributed by atoms with Crippen LogP contribution in [0.25, 0.3) is 0 Å². The average Bonchev–Trinajstić information content (AvgIpc) is 2.25. The second-order valence-electron chi connectivity index (χ2n) is 3.40. The van der Waals surface area contributed by atoms with Crippen LogP contribution in [0.4, 0.5) is 17.6 Å². The Balaban J connectivity index is 3.24. The van der Waals surface area contributed by atoms with Crippen molar-refractivity contribution in [1.29, 1.82) is 0 Å². The molecule has 0 aliphatic carbocycles. The van der Waals surface area contributed by atoms with Crippen molar-refractivity contribution in [3.63, 3.8) is 0 Å². The molecule has 0 fully saturated rings. The van der Waals surface area contributed by atoms with Gasteiger partial charge in [0.25, 0.3) is 0 Å². The highest BCUT2D eigenvalue weighted by Crippen LogP contribution is 2.36. The Hall–Kier alpha value is -0.660. The number of aliphatic hydroxyl groups excluding tert-OH is 2. The van der Waals surface area contributed by atoms with Gasteiger partial charge in [0.05, 0.1) is 11.7 Å². The van der Waals surface area contributed by atoms with Gasteiger partial charge in [0.1, 0.15) is 11.9 Å². The van der Waals surface area contributed by atoms with Crippen molar-refractivity contribution in [3.8, 4) is 0 Å². The maximum atomic E-state index is 12.8. The van der Waals surface area contributed by atoms with Gasteiger partial charge < -0.3 is 10.2 Å². The first-order valence-corrected chi connectivity index (χ1v) is 5.68. The first-order valence-electron chi connectivity index (χ1n) is 4.56. The van der Waals surface area contributed by atoms with E-state index in [9.17, 15) is 27.8 Å². The molecule has 0 aliphatic rings. The molecule has 17 heavy (non-hydrogen) atoms. The van der Waals surface area contributed by atoms with Crippen LogP contribution in [0.5, 0.6) is 0 Å². The van der Waals surface area contributed by atoms with Gasteiger partial charge in [-0.25, -0.2) is 4.39 Å². The zero-order chi connectivity index (χ0) is 13.2. The third-order valence-corrected chi connectivity index (χ3v) is 2.83. The Morgan fingerprint density at radius 2 is 1.82 bits per heavy atom. The van der Waals surface area contributed by atoms with Crippen molar-refractivity contribution in [3.05, 3.63) is 35.1 Å². The molecule has 0 saturated carbocycles. The van der Waals surface area contributed by atoms with Gasteiger partial charge in [0.15, 0.2) is 0 Å². The minimum Gasteiger partial charge on any atom is -0.389 e. The number of hydrogen-bond acceptors (Lipinski definition) is 2. The standard InChI is InChI=1S/C10H9BrF4O2/c11-4-8(16)9(17)6-2-1-5(12)3-7(6)10(13,14)15/h1-3,8-9,16-17H,4H2. The third-order valence-electron chi connectivity index (χ3n) is 2.16. The van der Waals surface area contributed by atoms with Crippen LogP contribution in [-0.2, 0) is 6.18 Å². The smallest absolute Gasteiger partial charge is 0.389 e. The SMILES string of the molecule is OC(CBr)C(O)c1ccc(F)cc1C(F)(F)F. The van der Waals surface area contributed by atoms with E-state index in [1.807, 2.05) is 0 Å². The highest BCUT2D eigenvalue weighted by atomic mass is 79.9. The van der Waals surface area contributed by atoms with Gasteiger partial charge in [0.2, 0.25) is 0 Å². The monoisotopic (exact) mass is 316 g/mol. The van der Waals surface area contributed by atoms with Crippen molar-refractivity contribution in [1.82, 2.24) is 0 Å². The zero-order valence-corrected chi connectivity index (χ0v) is 9.96. The maximum Gasteiger partial charge on any atom is 0.416 e. The predicted molar refractivity (Wildman–Crippen MR) is 56.2 cm³/mol. The summed E-state index contributed by atoms with van der Waals surface area (Å²) in [6.07, 6.45) is -7.92. The van der Waals surface area contributed by atoms with E-state index in [1.165, 1.54) is 0 Å². The Morgan fingerprint density at radius 1 is 1.24 bits per heavy atom. The normalized spacial score (nSPS) is 15.7. The van der Waals surface area contributed by atoms with E-state index in [4.69, 9.17) is 0 Å². The fourth-order valence-electron chi connectivity index (χ4n) is 1.32. The number of alkyl halides is 4. The van der Waals surface area contributed by atoms with E-state index in [0.717, 1.165) is 12.1 Å². The zero-order valence-electron chi connectivity index (χ0n) is 8.38. The predicted octanol–water partition coefficient (Wildman–Crippen LogP) is 2.63. The largest absolute Gasteiger partial charge is 0.416 e. The molecule has 0 aromatic heterocycles. The molecule has 0 saturated heterocycles. The molecule has 2 atom stereocenters. The molecule has 0 bridgehead atoms. The summed E-state index contributed by atoms with van der Waals surface area (Å²) in [6, 6.07) is 1.91. The summed E-state index contributed by atoms with van der Waals surface area (Å²) < 4.78 is 50.5. The summed E-state index contributed by atoms with van der Waals surface area (Å²) >= 11 is 2.84. The van der Waals surface area contributed by atoms with Crippen molar-refractivity contribution in [2.24, 2.45) is 0 Å². The Morgan fingerprint density at radius 3 is 2.29 bits per heavy atom. The van der Waals surface area contributed by atoms with E-state index in [2.05, 4.69) is 15.9 Å². The summed E-state index contributed by atoms with van der Waals surface area (Å²) in [5.41, 5.74) is -1.84. The van der Waals surface area contributed by atoms with Gasteiger partial charge in [-0.3, -0.25) is 0 Å². The van der Waals surface area contributed by atoms with Gasteiger partial charge >= 0.3 is 6.18 Å². The van der Waals surface area contributed by atoms with Gasteiger partial charge in [-0.1, -0.05) is 22.0 Å². The van der Waals surface area contributed by atoms with E-state index in [0.29, 0.717) is 6.07 Å². The summed E-state index contributed by atoms with van der Waals surface area (Å²) in [4.78, 5) is 0. The number of rotatable bonds is 3. The molecule has 0 radical (unpaired) electrons. The van der Waals surface area contributed by atoms with Crippen molar-refractivity contribution in [2.45, 2.75) is 18.4 Å². The van der Waals surface area contributed by atoms with Crippen LogP contribution in [0.2, 0.25) is 0 Å². The Kier molecular flexibility index (Phi) is 4.51. The first-order chi connectivity index (χ1) is 7.77. The molecule has 2 nitrogen and oxygen atoms in total. The van der Waals surface area contributed by atoms with Gasteiger partial charge in [-0.05, 0) is 17.7 Å². The van der Waals surface area contributed by atoms with Crippen LogP contribution >= 0.6 is 15.9 Å². The molecule has 96 valence electrons. The molecule has 2 unspecified atom stereocenters. The quantitative estimate of drug-likeness (QED) is 0.665. The fraction of sp³-hybridized carbons (Fsp3) is 0.400. The lowest BCUT2D eigenvalue weighted by Crippen LogP contribution is -2.23. The number of hydrogen-bond donors (Lipinski definition) is 2. The van der Waals surface area contributed by atoms with Crippen molar-refractivity contribution in [2.75, 3.05) is 5.33 Å². The second kappa shape index (κ2) is 5.32. The van der Waals surface area contributed by atoms with E-state index in [1.54, 1.807) is 0 Å². The Bertz CT molecular complexity index is 394. The molecule has 0 aliphatic heterocycles. The van der Waals surface area contributed by atoms with Crippen LogP contribution < -0.4 is 0 Å². The molecule has 7 heteroatoms. The van der Waals surface area contributed by atoms with E-state index < -0.39 is 35.3 Å². The van der Waals surface area contributed by atoms with Crippen molar-refractivity contribution < 1.29 is 27.8 Å². The molecule has 1 rings (SSSR count). The highest BCUT2D eigenvalue weighted by Gasteiger charge is 2.36. The minimum atomic E-state index is -4.79. The van der Waals surface area contributed by atoms with Crippen LogP contribution in [0, 0.1) is 5.82 Å². The fourth-order valence-corrected chi connectivity index (χ4v) is 1.68.